The van der Waals surface area contributed by atoms with Crippen LogP contribution in [0.1, 0.15) is 27.6 Å². The third-order valence-corrected chi connectivity index (χ3v) is 2.76. The normalized spacial score (nSPS) is 14.5. The molecule has 16 heavy (non-hydrogen) atoms. The zero-order valence-corrected chi connectivity index (χ0v) is 9.69. The van der Waals surface area contributed by atoms with Crippen LogP contribution in [0, 0.1) is 6.92 Å². The minimum atomic E-state index is -1.23. The maximum atomic E-state index is 11.0. The van der Waals surface area contributed by atoms with Gasteiger partial charge in [-0.3, -0.25) is 0 Å². The Hall–Kier alpha value is -1.04. The largest absolute Gasteiger partial charge is 0.478 e. The first kappa shape index (κ1) is 13.0. The van der Waals surface area contributed by atoms with Gasteiger partial charge in [0.05, 0.1) is 11.7 Å². The average molecular weight is 242 g/mol. The zero-order valence-electron chi connectivity index (χ0n) is 8.79. The van der Waals surface area contributed by atoms with E-state index in [1.807, 2.05) is 0 Å². The van der Waals surface area contributed by atoms with Crippen molar-refractivity contribution in [2.45, 2.75) is 19.1 Å². The van der Waals surface area contributed by atoms with Crippen LogP contribution in [-0.4, -0.2) is 33.1 Å². The van der Waals surface area contributed by atoms with Crippen LogP contribution in [0.25, 0.3) is 0 Å². The van der Waals surface area contributed by atoms with E-state index >= 15 is 0 Å². The number of aliphatic hydroxyl groups is 2. The van der Waals surface area contributed by atoms with Gasteiger partial charge >= 0.3 is 5.97 Å². The second kappa shape index (κ2) is 5.34. The van der Waals surface area contributed by atoms with E-state index < -0.39 is 18.2 Å². The topological polar surface area (TPSA) is 77.8 Å². The summed E-state index contributed by atoms with van der Waals surface area (Å²) in [7, 11) is 0. The summed E-state index contributed by atoms with van der Waals surface area (Å²) in [5.74, 6) is -1.05. The Morgan fingerprint density at radius 1 is 1.44 bits per heavy atom. The van der Waals surface area contributed by atoms with Crippen molar-refractivity contribution in [2.24, 2.45) is 0 Å². The molecule has 0 fully saturated rings. The number of carboxylic acid groups (broad SMARTS) is 1. The maximum absolute atomic E-state index is 11.0. The quantitative estimate of drug-likeness (QED) is 0.594. The van der Waals surface area contributed by atoms with E-state index in [1.165, 1.54) is 6.07 Å². The highest BCUT2D eigenvalue weighted by Crippen LogP contribution is 2.24. The number of carbonyl (C=O) groups is 1. The molecule has 0 aliphatic rings. The van der Waals surface area contributed by atoms with Crippen LogP contribution < -0.4 is 0 Å². The van der Waals surface area contributed by atoms with Gasteiger partial charge in [0.1, 0.15) is 6.10 Å². The zero-order chi connectivity index (χ0) is 12.3. The Morgan fingerprint density at radius 3 is 2.56 bits per heavy atom. The highest BCUT2D eigenvalue weighted by Gasteiger charge is 2.23. The molecule has 1 aromatic rings. The molecule has 4 nitrogen and oxygen atoms in total. The molecule has 0 bridgehead atoms. The molecule has 3 N–H and O–H groups in total. The van der Waals surface area contributed by atoms with Gasteiger partial charge in [-0.15, -0.1) is 0 Å². The summed E-state index contributed by atoms with van der Waals surface area (Å²) in [5.41, 5.74) is 0.806. The summed E-state index contributed by atoms with van der Waals surface area (Å²) < 4.78 is 0. The molecule has 1 rings (SSSR count). The van der Waals surface area contributed by atoms with E-state index in [4.69, 9.17) is 5.11 Å². The van der Waals surface area contributed by atoms with Crippen LogP contribution in [0.4, 0.5) is 0 Å². The second-order valence-electron chi connectivity index (χ2n) is 3.54. The van der Waals surface area contributed by atoms with E-state index in [9.17, 15) is 15.0 Å². The minimum Gasteiger partial charge on any atom is -0.478 e. The van der Waals surface area contributed by atoms with Crippen LogP contribution in [0.3, 0.4) is 0 Å². The first-order valence-electron chi connectivity index (χ1n) is 4.78. The lowest BCUT2D eigenvalue weighted by atomic mass is 9.95. The summed E-state index contributed by atoms with van der Waals surface area (Å²) in [5, 5.41) is 28.3. The Labute approximate surface area is 99.0 Å². The molecule has 0 saturated carbocycles. The van der Waals surface area contributed by atoms with Crippen LogP contribution >= 0.6 is 12.6 Å². The first-order chi connectivity index (χ1) is 7.49. The third-order valence-electron chi connectivity index (χ3n) is 2.39. The SMILES string of the molecule is Cc1cccc(C(O)C(O)CS)c1C(=O)O. The molecule has 0 aliphatic carbocycles. The molecular formula is C11H14O4S. The van der Waals surface area contributed by atoms with Gasteiger partial charge in [0.2, 0.25) is 0 Å². The summed E-state index contributed by atoms with van der Waals surface area (Å²) in [4.78, 5) is 11.0. The van der Waals surface area contributed by atoms with Crippen molar-refractivity contribution in [3.63, 3.8) is 0 Å². The van der Waals surface area contributed by atoms with Gasteiger partial charge in [-0.1, -0.05) is 18.2 Å². The summed E-state index contributed by atoms with van der Waals surface area (Å²) in [6.07, 6.45) is -2.31. The molecule has 2 atom stereocenters. The van der Waals surface area contributed by atoms with Crippen molar-refractivity contribution >= 4 is 18.6 Å². The number of rotatable bonds is 4. The Bertz CT molecular complexity index is 392. The van der Waals surface area contributed by atoms with E-state index in [2.05, 4.69) is 12.6 Å². The molecule has 1 aromatic carbocycles. The molecule has 88 valence electrons. The van der Waals surface area contributed by atoms with Crippen molar-refractivity contribution in [2.75, 3.05) is 5.75 Å². The second-order valence-corrected chi connectivity index (χ2v) is 3.90. The fourth-order valence-corrected chi connectivity index (χ4v) is 1.74. The highest BCUT2D eigenvalue weighted by atomic mass is 32.1. The van der Waals surface area contributed by atoms with Crippen molar-refractivity contribution in [3.8, 4) is 0 Å². The number of aliphatic hydroxyl groups excluding tert-OH is 2. The van der Waals surface area contributed by atoms with E-state index in [-0.39, 0.29) is 16.9 Å². The average Bonchev–Trinajstić information content (AvgIpc) is 2.26. The van der Waals surface area contributed by atoms with Gasteiger partial charge in [-0.05, 0) is 18.1 Å². The first-order valence-corrected chi connectivity index (χ1v) is 5.42. The lowest BCUT2D eigenvalue weighted by molar-refractivity contribution is 0.0322. The number of hydrogen-bond acceptors (Lipinski definition) is 4. The lowest BCUT2D eigenvalue weighted by Crippen LogP contribution is -2.22. The number of thiol groups is 1. The third kappa shape index (κ3) is 2.55. The van der Waals surface area contributed by atoms with Gasteiger partial charge < -0.3 is 15.3 Å². The number of hydrogen-bond donors (Lipinski definition) is 4. The number of benzene rings is 1. The van der Waals surface area contributed by atoms with E-state index in [0.717, 1.165) is 0 Å². The van der Waals surface area contributed by atoms with Crippen LogP contribution in [-0.2, 0) is 0 Å². The predicted molar refractivity (Wildman–Crippen MR) is 63.0 cm³/mol. The molecule has 0 radical (unpaired) electrons. The molecule has 0 amide bonds. The number of aromatic carboxylic acids is 1. The molecule has 2 unspecified atom stereocenters. The Morgan fingerprint density at radius 2 is 2.06 bits per heavy atom. The molecular weight excluding hydrogens is 228 g/mol. The highest BCUT2D eigenvalue weighted by molar-refractivity contribution is 7.80. The Kier molecular flexibility index (Phi) is 4.35. The predicted octanol–water partition coefficient (Wildman–Crippen LogP) is 1.02. The van der Waals surface area contributed by atoms with E-state index in [1.54, 1.807) is 19.1 Å². The van der Waals surface area contributed by atoms with Crippen LogP contribution in [0.15, 0.2) is 18.2 Å². The van der Waals surface area contributed by atoms with Crippen molar-refractivity contribution in [3.05, 3.63) is 34.9 Å². The van der Waals surface area contributed by atoms with Gasteiger partial charge in [0, 0.05) is 5.75 Å². The van der Waals surface area contributed by atoms with Crippen LogP contribution in [0.5, 0.6) is 0 Å². The molecule has 0 heterocycles. The van der Waals surface area contributed by atoms with Crippen molar-refractivity contribution < 1.29 is 20.1 Å². The summed E-state index contributed by atoms with van der Waals surface area (Å²) in [6, 6.07) is 4.78. The van der Waals surface area contributed by atoms with Gasteiger partial charge in [-0.25, -0.2) is 4.79 Å². The number of aryl methyl sites for hydroxylation is 1. The maximum Gasteiger partial charge on any atom is 0.336 e. The molecule has 0 aromatic heterocycles. The van der Waals surface area contributed by atoms with Crippen molar-refractivity contribution in [1.82, 2.24) is 0 Å². The standard InChI is InChI=1S/C11H14O4S/c1-6-3-2-4-7(9(6)11(14)15)10(13)8(12)5-16/h2-4,8,10,12-13,16H,5H2,1H3,(H,14,15). The number of carboxylic acids is 1. The van der Waals surface area contributed by atoms with Gasteiger partial charge in [0.15, 0.2) is 0 Å². The van der Waals surface area contributed by atoms with Crippen molar-refractivity contribution in [1.29, 1.82) is 0 Å². The van der Waals surface area contributed by atoms with Gasteiger partial charge in [-0.2, -0.15) is 12.6 Å². The van der Waals surface area contributed by atoms with E-state index in [0.29, 0.717) is 5.56 Å². The Balaban J connectivity index is 3.22. The van der Waals surface area contributed by atoms with Crippen LogP contribution in [0.2, 0.25) is 0 Å². The molecule has 5 heteroatoms. The monoisotopic (exact) mass is 242 g/mol. The molecule has 0 spiro atoms. The smallest absolute Gasteiger partial charge is 0.336 e. The minimum absolute atomic E-state index is 0.0378. The summed E-state index contributed by atoms with van der Waals surface area (Å²) >= 11 is 3.86. The lowest BCUT2D eigenvalue weighted by Gasteiger charge is -2.19. The molecule has 0 aliphatic heterocycles. The fourth-order valence-electron chi connectivity index (χ4n) is 1.54. The van der Waals surface area contributed by atoms with Gasteiger partial charge in [0.25, 0.3) is 0 Å². The fraction of sp³-hybridized carbons (Fsp3) is 0.364. The molecule has 0 saturated heterocycles. The summed E-state index contributed by atoms with van der Waals surface area (Å²) in [6.45, 7) is 1.65.